The van der Waals surface area contributed by atoms with Gasteiger partial charge < -0.3 is 4.74 Å². The van der Waals surface area contributed by atoms with E-state index >= 15 is 0 Å². The van der Waals surface area contributed by atoms with Gasteiger partial charge in [0.15, 0.2) is 0 Å². The van der Waals surface area contributed by atoms with E-state index in [4.69, 9.17) is 16.3 Å². The Morgan fingerprint density at radius 2 is 1.97 bits per heavy atom. The Bertz CT molecular complexity index is 1040. The van der Waals surface area contributed by atoms with Crippen LogP contribution in [0.3, 0.4) is 0 Å². The Kier molecular flexibility index (Phi) is 7.13. The first-order valence-electron chi connectivity index (χ1n) is 7.99. The summed E-state index contributed by atoms with van der Waals surface area (Å²) in [4.78, 5) is 22.2. The van der Waals surface area contributed by atoms with Crippen molar-refractivity contribution < 1.29 is 22.9 Å². The van der Waals surface area contributed by atoms with Crippen molar-refractivity contribution in [1.82, 2.24) is 5.43 Å². The summed E-state index contributed by atoms with van der Waals surface area (Å²) < 4.78 is 30.1. The molecule has 0 heterocycles. The fraction of sp³-hybridized carbons (Fsp3) is 0.176. The molecule has 154 valence electrons. The number of hydrazone groups is 1. The van der Waals surface area contributed by atoms with E-state index in [-0.39, 0.29) is 16.4 Å². The minimum Gasteiger partial charge on any atom is -0.495 e. The van der Waals surface area contributed by atoms with Gasteiger partial charge >= 0.3 is 0 Å². The average molecular weight is 441 g/mol. The van der Waals surface area contributed by atoms with Crippen LogP contribution in [0.5, 0.6) is 5.75 Å². The molecule has 29 heavy (non-hydrogen) atoms. The number of hydrogen-bond donors (Lipinski definition) is 1. The molecule has 0 saturated carbocycles. The predicted octanol–water partition coefficient (Wildman–Crippen LogP) is 2.17. The number of nitrogens with one attached hydrogen (secondary N) is 1. The van der Waals surface area contributed by atoms with Gasteiger partial charge in [-0.2, -0.15) is 5.10 Å². The van der Waals surface area contributed by atoms with Gasteiger partial charge in [-0.25, -0.2) is 13.8 Å². The van der Waals surface area contributed by atoms with Crippen molar-refractivity contribution >= 4 is 45.1 Å². The summed E-state index contributed by atoms with van der Waals surface area (Å²) in [7, 11) is -2.36. The lowest BCUT2D eigenvalue weighted by Gasteiger charge is -2.21. The SMILES string of the molecule is COc1ccc(N(CC(=O)N/N=C\c2ccc([N+](=O)[O-])cc2)S(C)(=O)=O)cc1Cl. The summed E-state index contributed by atoms with van der Waals surface area (Å²) in [6.07, 6.45) is 2.23. The van der Waals surface area contributed by atoms with Crippen molar-refractivity contribution in [3.8, 4) is 5.75 Å². The quantitative estimate of drug-likeness (QED) is 0.380. The molecule has 0 aliphatic rings. The number of carbonyl (C=O) groups is 1. The number of ether oxygens (including phenoxy) is 1. The summed E-state index contributed by atoms with van der Waals surface area (Å²) in [5, 5.41) is 14.5. The van der Waals surface area contributed by atoms with E-state index in [1.54, 1.807) is 0 Å². The molecule has 2 aromatic carbocycles. The third-order valence-corrected chi connectivity index (χ3v) is 5.05. The van der Waals surface area contributed by atoms with E-state index in [9.17, 15) is 23.3 Å². The first kappa shape index (κ1) is 22.1. The van der Waals surface area contributed by atoms with Crippen LogP contribution in [0.2, 0.25) is 5.02 Å². The van der Waals surface area contributed by atoms with Gasteiger partial charge in [-0.15, -0.1) is 0 Å². The Morgan fingerprint density at radius 3 is 2.48 bits per heavy atom. The van der Waals surface area contributed by atoms with Gasteiger partial charge in [-0.05, 0) is 35.9 Å². The third-order valence-electron chi connectivity index (χ3n) is 3.62. The van der Waals surface area contributed by atoms with Crippen LogP contribution in [0.1, 0.15) is 5.56 Å². The van der Waals surface area contributed by atoms with Crippen molar-refractivity contribution in [3.63, 3.8) is 0 Å². The topological polar surface area (TPSA) is 131 Å². The van der Waals surface area contributed by atoms with Crippen molar-refractivity contribution in [2.24, 2.45) is 5.10 Å². The van der Waals surface area contributed by atoms with Gasteiger partial charge in [0, 0.05) is 12.1 Å². The maximum Gasteiger partial charge on any atom is 0.269 e. The number of non-ortho nitro benzene ring substituents is 1. The molecule has 0 radical (unpaired) electrons. The minimum atomic E-state index is -3.78. The van der Waals surface area contributed by atoms with Crippen LogP contribution in [0.15, 0.2) is 47.6 Å². The zero-order chi connectivity index (χ0) is 21.6. The van der Waals surface area contributed by atoms with Crippen LogP contribution in [-0.4, -0.2) is 45.4 Å². The van der Waals surface area contributed by atoms with Gasteiger partial charge in [0.1, 0.15) is 12.3 Å². The highest BCUT2D eigenvalue weighted by Crippen LogP contribution is 2.30. The van der Waals surface area contributed by atoms with Crippen LogP contribution < -0.4 is 14.5 Å². The van der Waals surface area contributed by atoms with Crippen molar-refractivity contribution in [2.45, 2.75) is 0 Å². The Hall–Kier alpha value is -3.18. The highest BCUT2D eigenvalue weighted by atomic mass is 35.5. The van der Waals surface area contributed by atoms with Gasteiger partial charge in [0.2, 0.25) is 10.0 Å². The Morgan fingerprint density at radius 1 is 1.31 bits per heavy atom. The molecule has 0 unspecified atom stereocenters. The van der Waals surface area contributed by atoms with E-state index in [1.807, 2.05) is 0 Å². The molecule has 2 aromatic rings. The molecule has 0 bridgehead atoms. The third kappa shape index (κ3) is 6.16. The van der Waals surface area contributed by atoms with Gasteiger partial charge in [-0.3, -0.25) is 19.2 Å². The van der Waals surface area contributed by atoms with Crippen LogP contribution in [0, 0.1) is 10.1 Å². The molecule has 0 aromatic heterocycles. The van der Waals surface area contributed by atoms with Crippen LogP contribution in [0.25, 0.3) is 0 Å². The van der Waals surface area contributed by atoms with E-state index in [1.165, 1.54) is 55.8 Å². The first-order valence-corrected chi connectivity index (χ1v) is 10.2. The van der Waals surface area contributed by atoms with Crippen molar-refractivity contribution in [2.75, 3.05) is 24.2 Å². The number of nitrogens with zero attached hydrogens (tertiary/aromatic N) is 3. The molecule has 10 nitrogen and oxygen atoms in total. The van der Waals surface area contributed by atoms with E-state index in [2.05, 4.69) is 10.5 Å². The highest BCUT2D eigenvalue weighted by Gasteiger charge is 2.21. The molecule has 0 saturated heterocycles. The van der Waals surface area contributed by atoms with Crippen molar-refractivity contribution in [3.05, 3.63) is 63.2 Å². The lowest BCUT2D eigenvalue weighted by atomic mass is 10.2. The largest absolute Gasteiger partial charge is 0.495 e. The molecular formula is C17H17ClN4O6S. The summed E-state index contributed by atoms with van der Waals surface area (Å²) in [5.74, 6) is -0.332. The fourth-order valence-corrected chi connectivity index (χ4v) is 3.34. The summed E-state index contributed by atoms with van der Waals surface area (Å²) in [6.45, 7) is -0.529. The lowest BCUT2D eigenvalue weighted by molar-refractivity contribution is -0.384. The van der Waals surface area contributed by atoms with Crippen LogP contribution >= 0.6 is 11.6 Å². The number of anilines is 1. The summed E-state index contributed by atoms with van der Waals surface area (Å²) in [6, 6.07) is 9.81. The molecule has 2 rings (SSSR count). The fourth-order valence-electron chi connectivity index (χ4n) is 2.24. The second-order valence-electron chi connectivity index (χ2n) is 5.73. The number of hydrogen-bond acceptors (Lipinski definition) is 7. The number of sulfonamides is 1. The number of nitro benzene ring substituents is 1. The van der Waals surface area contributed by atoms with Crippen LogP contribution in [-0.2, 0) is 14.8 Å². The number of halogens is 1. The van der Waals surface area contributed by atoms with Gasteiger partial charge in [0.05, 0.1) is 35.2 Å². The number of nitro groups is 1. The average Bonchev–Trinajstić information content (AvgIpc) is 2.65. The Labute approximate surface area is 171 Å². The molecule has 1 amide bonds. The number of rotatable bonds is 8. The highest BCUT2D eigenvalue weighted by molar-refractivity contribution is 7.92. The maximum atomic E-state index is 12.1. The van der Waals surface area contributed by atoms with Crippen LogP contribution in [0.4, 0.5) is 11.4 Å². The number of methoxy groups -OCH3 is 1. The molecule has 0 atom stereocenters. The van der Waals surface area contributed by atoms with E-state index < -0.39 is 27.4 Å². The smallest absolute Gasteiger partial charge is 0.269 e. The number of carbonyl (C=O) groups excluding carboxylic acids is 1. The molecule has 0 fully saturated rings. The second kappa shape index (κ2) is 9.34. The normalized spacial score (nSPS) is 11.3. The Balaban J connectivity index is 2.08. The molecule has 0 aliphatic heterocycles. The van der Waals surface area contributed by atoms with Gasteiger partial charge in [-0.1, -0.05) is 11.6 Å². The molecular weight excluding hydrogens is 424 g/mol. The lowest BCUT2D eigenvalue weighted by Crippen LogP contribution is -2.39. The summed E-state index contributed by atoms with van der Waals surface area (Å²) >= 11 is 6.03. The van der Waals surface area contributed by atoms with E-state index in [0.29, 0.717) is 11.3 Å². The molecule has 1 N–H and O–H groups in total. The monoisotopic (exact) mass is 440 g/mol. The number of amides is 1. The molecule has 12 heteroatoms. The van der Waals surface area contributed by atoms with Crippen molar-refractivity contribution in [1.29, 1.82) is 0 Å². The number of benzene rings is 2. The first-order chi connectivity index (χ1) is 13.6. The minimum absolute atomic E-state index is 0.0758. The zero-order valence-electron chi connectivity index (χ0n) is 15.4. The standard InChI is InChI=1S/C17H17ClN4O6S/c1-28-16-8-7-14(9-15(16)18)21(29(2,26)27)11-17(23)20-19-10-12-3-5-13(6-4-12)22(24)25/h3-10H,11H2,1-2H3,(H,20,23)/b19-10-. The summed E-state index contributed by atoms with van der Waals surface area (Å²) in [5.41, 5.74) is 2.83. The van der Waals surface area contributed by atoms with E-state index in [0.717, 1.165) is 10.6 Å². The van der Waals surface area contributed by atoms with Gasteiger partial charge in [0.25, 0.3) is 11.6 Å². The molecule has 0 spiro atoms. The maximum absolute atomic E-state index is 12.1. The second-order valence-corrected chi connectivity index (χ2v) is 8.04. The zero-order valence-corrected chi connectivity index (χ0v) is 17.0. The molecule has 0 aliphatic carbocycles. The predicted molar refractivity (Wildman–Crippen MR) is 109 cm³/mol.